The average Bonchev–Trinajstić information content (AvgIpc) is 3.26. The molecule has 0 atom stereocenters. The van der Waals surface area contributed by atoms with Crippen molar-refractivity contribution in [2.24, 2.45) is 0 Å². The van der Waals surface area contributed by atoms with E-state index in [2.05, 4.69) is 26.1 Å². The predicted octanol–water partition coefficient (Wildman–Crippen LogP) is 3.45. The molecule has 3 aromatic rings. The summed E-state index contributed by atoms with van der Waals surface area (Å²) in [6.45, 7) is 0.251. The van der Waals surface area contributed by atoms with Crippen molar-refractivity contribution in [3.63, 3.8) is 0 Å². The molecule has 2 heterocycles. The predicted molar refractivity (Wildman–Crippen MR) is 102 cm³/mol. The van der Waals surface area contributed by atoms with Gasteiger partial charge in [-0.15, -0.1) is 10.2 Å². The monoisotopic (exact) mass is 434 g/mol. The number of nitrogen functional groups attached to an aromatic ring is 1. The van der Waals surface area contributed by atoms with Gasteiger partial charge in [-0.2, -0.15) is 0 Å². The fourth-order valence-corrected chi connectivity index (χ4v) is 4.02. The molecule has 26 heavy (non-hydrogen) atoms. The van der Waals surface area contributed by atoms with Gasteiger partial charge in [0.2, 0.25) is 11.9 Å². The molecule has 0 radical (unpaired) electrons. The Kier molecular flexibility index (Phi) is 4.64. The number of rotatable bonds is 5. The Morgan fingerprint density at radius 3 is 2.65 bits per heavy atom. The Bertz CT molecular complexity index is 946. The molecule has 0 saturated heterocycles. The lowest BCUT2D eigenvalue weighted by Crippen LogP contribution is -2.11. The van der Waals surface area contributed by atoms with E-state index in [0.29, 0.717) is 16.7 Å². The van der Waals surface area contributed by atoms with Crippen molar-refractivity contribution >= 4 is 27.7 Å². The Balaban J connectivity index is 1.52. The van der Waals surface area contributed by atoms with Gasteiger partial charge in [-0.05, 0) is 42.0 Å². The van der Waals surface area contributed by atoms with Crippen LogP contribution in [0.15, 0.2) is 46.0 Å². The molecule has 2 N–H and O–H groups in total. The van der Waals surface area contributed by atoms with Crippen LogP contribution >= 0.6 is 27.7 Å². The molecule has 0 amide bonds. The standard InChI is InChI=1S/C17H15BrN4O3S/c1-23-12-4-2-10(3-5-12)16-20-21-17(22(16)19)26-8-11-6-14-15(7-13(11)18)25-9-24-14/h2-7H,8-9,19H2,1H3. The molecule has 134 valence electrons. The summed E-state index contributed by atoms with van der Waals surface area (Å²) in [6, 6.07) is 11.4. The number of nitrogens with two attached hydrogens (primary N) is 1. The third-order valence-electron chi connectivity index (χ3n) is 3.91. The van der Waals surface area contributed by atoms with Crippen LogP contribution in [0, 0.1) is 0 Å². The minimum atomic E-state index is 0.251. The molecule has 9 heteroatoms. The second-order valence-corrected chi connectivity index (χ2v) is 7.29. The van der Waals surface area contributed by atoms with E-state index >= 15 is 0 Å². The zero-order valence-corrected chi connectivity index (χ0v) is 16.2. The molecule has 0 fully saturated rings. The number of fused-ring (bicyclic) bond motifs is 1. The van der Waals surface area contributed by atoms with Crippen LogP contribution in [0.1, 0.15) is 5.56 Å². The molecule has 0 saturated carbocycles. The SMILES string of the molecule is COc1ccc(-c2nnc(SCc3cc4c(cc3Br)OCO4)n2N)cc1. The topological polar surface area (TPSA) is 84.4 Å². The number of hydrogen-bond donors (Lipinski definition) is 1. The maximum Gasteiger partial charge on any atom is 0.231 e. The van der Waals surface area contributed by atoms with Crippen molar-refractivity contribution < 1.29 is 14.2 Å². The first-order valence-electron chi connectivity index (χ1n) is 7.71. The van der Waals surface area contributed by atoms with Gasteiger partial charge in [0.25, 0.3) is 0 Å². The number of aromatic nitrogens is 3. The number of halogens is 1. The smallest absolute Gasteiger partial charge is 0.231 e. The van der Waals surface area contributed by atoms with Crippen LogP contribution < -0.4 is 20.1 Å². The first-order valence-corrected chi connectivity index (χ1v) is 9.49. The molecule has 1 aliphatic rings. The van der Waals surface area contributed by atoms with Crippen molar-refractivity contribution in [1.29, 1.82) is 0 Å². The molecule has 4 rings (SSSR count). The minimum absolute atomic E-state index is 0.251. The van der Waals surface area contributed by atoms with E-state index in [9.17, 15) is 0 Å². The van der Waals surface area contributed by atoms with Crippen LogP contribution in [0.4, 0.5) is 0 Å². The quantitative estimate of drug-likeness (QED) is 0.486. The first kappa shape index (κ1) is 17.0. The summed E-state index contributed by atoms with van der Waals surface area (Å²) >= 11 is 5.06. The van der Waals surface area contributed by atoms with Gasteiger partial charge in [0, 0.05) is 15.8 Å². The third kappa shape index (κ3) is 3.19. The average molecular weight is 435 g/mol. The summed E-state index contributed by atoms with van der Waals surface area (Å²) in [5.41, 5.74) is 1.94. The van der Waals surface area contributed by atoms with Crippen LogP contribution in [-0.2, 0) is 5.75 Å². The number of methoxy groups -OCH3 is 1. The molecular weight excluding hydrogens is 420 g/mol. The van der Waals surface area contributed by atoms with E-state index in [-0.39, 0.29) is 6.79 Å². The first-order chi connectivity index (χ1) is 12.7. The summed E-state index contributed by atoms with van der Waals surface area (Å²) < 4.78 is 18.4. The normalized spacial score (nSPS) is 12.4. The van der Waals surface area contributed by atoms with Crippen molar-refractivity contribution in [1.82, 2.24) is 14.9 Å². The van der Waals surface area contributed by atoms with E-state index < -0.39 is 0 Å². The van der Waals surface area contributed by atoms with Gasteiger partial charge >= 0.3 is 0 Å². The molecular formula is C17H15BrN4O3S. The number of thioether (sulfide) groups is 1. The lowest BCUT2D eigenvalue weighted by atomic mass is 10.2. The van der Waals surface area contributed by atoms with Gasteiger partial charge in [-0.1, -0.05) is 27.7 Å². The van der Waals surface area contributed by atoms with Crippen LogP contribution in [0.5, 0.6) is 17.2 Å². The molecule has 1 aliphatic heterocycles. The molecule has 0 unspecified atom stereocenters. The molecule has 1 aromatic heterocycles. The van der Waals surface area contributed by atoms with Crippen molar-refractivity contribution in [2.75, 3.05) is 19.7 Å². The highest BCUT2D eigenvalue weighted by molar-refractivity contribution is 9.10. The molecule has 2 aromatic carbocycles. The summed E-state index contributed by atoms with van der Waals surface area (Å²) in [4.78, 5) is 0. The van der Waals surface area contributed by atoms with Crippen LogP contribution in [0.3, 0.4) is 0 Å². The second-order valence-electron chi connectivity index (χ2n) is 5.49. The van der Waals surface area contributed by atoms with E-state index in [1.54, 1.807) is 7.11 Å². The Morgan fingerprint density at radius 1 is 1.19 bits per heavy atom. The highest BCUT2D eigenvalue weighted by Gasteiger charge is 2.18. The van der Waals surface area contributed by atoms with Gasteiger partial charge in [-0.3, -0.25) is 0 Å². The molecule has 0 aliphatic carbocycles. The summed E-state index contributed by atoms with van der Waals surface area (Å²) in [5, 5.41) is 9.03. The van der Waals surface area contributed by atoms with Crippen molar-refractivity contribution in [2.45, 2.75) is 10.9 Å². The lowest BCUT2D eigenvalue weighted by molar-refractivity contribution is 0.174. The second kappa shape index (κ2) is 7.08. The van der Waals surface area contributed by atoms with E-state index in [1.165, 1.54) is 16.4 Å². The zero-order valence-electron chi connectivity index (χ0n) is 13.8. The van der Waals surface area contributed by atoms with Gasteiger partial charge in [0.15, 0.2) is 17.3 Å². The summed E-state index contributed by atoms with van der Waals surface area (Å²) in [5.74, 6) is 9.71. The highest BCUT2D eigenvalue weighted by atomic mass is 79.9. The maximum atomic E-state index is 6.18. The lowest BCUT2D eigenvalue weighted by Gasteiger charge is -2.07. The Labute approximate surface area is 162 Å². The van der Waals surface area contributed by atoms with Crippen LogP contribution in [0.25, 0.3) is 11.4 Å². The fourth-order valence-electron chi connectivity index (χ4n) is 2.52. The van der Waals surface area contributed by atoms with Crippen molar-refractivity contribution in [3.05, 3.63) is 46.4 Å². The largest absolute Gasteiger partial charge is 0.497 e. The Hall–Kier alpha value is -2.39. The van der Waals surface area contributed by atoms with E-state index in [0.717, 1.165) is 32.8 Å². The fraction of sp³-hybridized carbons (Fsp3) is 0.176. The van der Waals surface area contributed by atoms with E-state index in [1.807, 2.05) is 36.4 Å². The molecule has 7 nitrogen and oxygen atoms in total. The number of nitrogens with zero attached hydrogens (tertiary/aromatic N) is 3. The summed E-state index contributed by atoms with van der Waals surface area (Å²) in [7, 11) is 1.63. The van der Waals surface area contributed by atoms with Gasteiger partial charge in [0.1, 0.15) is 5.75 Å². The maximum absolute atomic E-state index is 6.18. The van der Waals surface area contributed by atoms with Crippen LogP contribution in [0.2, 0.25) is 0 Å². The molecule has 0 bridgehead atoms. The van der Waals surface area contributed by atoms with Gasteiger partial charge in [-0.25, -0.2) is 4.68 Å². The molecule has 0 spiro atoms. The number of hydrogen-bond acceptors (Lipinski definition) is 7. The minimum Gasteiger partial charge on any atom is -0.497 e. The zero-order chi connectivity index (χ0) is 18.1. The number of benzene rings is 2. The number of ether oxygens (including phenoxy) is 3. The van der Waals surface area contributed by atoms with Gasteiger partial charge in [0.05, 0.1) is 7.11 Å². The van der Waals surface area contributed by atoms with Crippen LogP contribution in [-0.4, -0.2) is 28.8 Å². The Morgan fingerprint density at radius 2 is 1.92 bits per heavy atom. The third-order valence-corrected chi connectivity index (χ3v) is 5.64. The van der Waals surface area contributed by atoms with E-state index in [4.69, 9.17) is 20.1 Å². The van der Waals surface area contributed by atoms with Gasteiger partial charge < -0.3 is 20.1 Å². The highest BCUT2D eigenvalue weighted by Crippen LogP contribution is 2.38. The summed E-state index contributed by atoms with van der Waals surface area (Å²) in [6.07, 6.45) is 0. The van der Waals surface area contributed by atoms with Crippen molar-refractivity contribution in [3.8, 4) is 28.6 Å².